The van der Waals surface area contributed by atoms with Crippen molar-refractivity contribution in [2.45, 2.75) is 6.54 Å². The van der Waals surface area contributed by atoms with Gasteiger partial charge in [0.15, 0.2) is 0 Å². The highest BCUT2D eigenvalue weighted by molar-refractivity contribution is 9.10. The maximum absolute atomic E-state index is 8.95. The quantitative estimate of drug-likeness (QED) is 0.876. The van der Waals surface area contributed by atoms with Crippen LogP contribution in [0.15, 0.2) is 40.9 Å². The van der Waals surface area contributed by atoms with E-state index in [0.717, 1.165) is 15.7 Å². The van der Waals surface area contributed by atoms with Gasteiger partial charge in [-0.25, -0.2) is 0 Å². The molecule has 0 aliphatic heterocycles. The van der Waals surface area contributed by atoms with E-state index < -0.39 is 0 Å². The van der Waals surface area contributed by atoms with Crippen molar-refractivity contribution >= 4 is 33.2 Å². The molecule has 0 aliphatic rings. The van der Waals surface area contributed by atoms with Crippen LogP contribution in [0.5, 0.6) is 5.75 Å². The molecule has 1 N–H and O–H groups in total. The Morgan fingerprint density at radius 3 is 2.85 bits per heavy atom. The van der Waals surface area contributed by atoms with Crippen LogP contribution < -0.4 is 10.1 Å². The zero-order chi connectivity index (χ0) is 14.5. The highest BCUT2D eigenvalue weighted by atomic mass is 79.9. The van der Waals surface area contributed by atoms with Gasteiger partial charge in [-0.3, -0.25) is 0 Å². The number of hydrogen-bond acceptors (Lipinski definition) is 3. The molecule has 2 aromatic carbocycles. The van der Waals surface area contributed by atoms with Crippen LogP contribution in [-0.4, -0.2) is 7.11 Å². The molecule has 5 heteroatoms. The minimum atomic E-state index is 0.528. The number of nitrogens with zero attached hydrogens (tertiary/aromatic N) is 1. The van der Waals surface area contributed by atoms with Crippen LogP contribution >= 0.6 is 27.5 Å². The SMILES string of the molecule is COc1cc(CNc2cccc(Cl)c2Br)ccc1C#N. The fraction of sp³-hybridized carbons (Fsp3) is 0.133. The summed E-state index contributed by atoms with van der Waals surface area (Å²) < 4.78 is 6.03. The largest absolute Gasteiger partial charge is 0.495 e. The van der Waals surface area contributed by atoms with Gasteiger partial charge in [-0.2, -0.15) is 5.26 Å². The lowest BCUT2D eigenvalue weighted by atomic mass is 10.1. The van der Waals surface area contributed by atoms with E-state index in [1.54, 1.807) is 13.2 Å². The summed E-state index contributed by atoms with van der Waals surface area (Å²) in [5.74, 6) is 0.581. The van der Waals surface area contributed by atoms with Crippen molar-refractivity contribution in [2.24, 2.45) is 0 Å². The molecule has 0 bridgehead atoms. The molecule has 20 heavy (non-hydrogen) atoms. The average Bonchev–Trinajstić information content (AvgIpc) is 2.48. The lowest BCUT2D eigenvalue weighted by molar-refractivity contribution is 0.413. The van der Waals surface area contributed by atoms with Gasteiger partial charge < -0.3 is 10.1 Å². The van der Waals surface area contributed by atoms with Crippen molar-refractivity contribution < 1.29 is 4.74 Å². The maximum Gasteiger partial charge on any atom is 0.136 e. The second kappa shape index (κ2) is 6.65. The third-order valence-electron chi connectivity index (χ3n) is 2.82. The molecule has 0 atom stereocenters. The van der Waals surface area contributed by atoms with Crippen molar-refractivity contribution in [1.82, 2.24) is 0 Å². The molecule has 0 amide bonds. The number of benzene rings is 2. The van der Waals surface area contributed by atoms with Crippen molar-refractivity contribution in [3.63, 3.8) is 0 Å². The van der Waals surface area contributed by atoms with Gasteiger partial charge in [-0.1, -0.05) is 23.7 Å². The topological polar surface area (TPSA) is 45.0 Å². The predicted octanol–water partition coefficient (Wildman–Crippen LogP) is 4.59. The fourth-order valence-corrected chi connectivity index (χ4v) is 2.35. The molecular formula is C15H12BrClN2O. The first kappa shape index (κ1) is 14.7. The van der Waals surface area contributed by atoms with Crippen LogP contribution in [-0.2, 0) is 6.54 Å². The summed E-state index contributed by atoms with van der Waals surface area (Å²) in [5.41, 5.74) is 2.47. The molecular weight excluding hydrogens is 340 g/mol. The minimum Gasteiger partial charge on any atom is -0.495 e. The van der Waals surface area contributed by atoms with Gasteiger partial charge >= 0.3 is 0 Å². The monoisotopic (exact) mass is 350 g/mol. The first-order valence-corrected chi connectivity index (χ1v) is 7.07. The third-order valence-corrected chi connectivity index (χ3v) is 4.22. The first-order chi connectivity index (χ1) is 9.65. The Bertz CT molecular complexity index is 667. The zero-order valence-corrected chi connectivity index (χ0v) is 13.1. The zero-order valence-electron chi connectivity index (χ0n) is 10.8. The Morgan fingerprint density at radius 1 is 1.35 bits per heavy atom. The summed E-state index contributed by atoms with van der Waals surface area (Å²) in [5, 5.41) is 12.9. The molecule has 0 radical (unpaired) electrons. The lowest BCUT2D eigenvalue weighted by Crippen LogP contribution is -2.01. The third kappa shape index (κ3) is 3.24. The molecule has 0 heterocycles. The molecule has 2 aromatic rings. The molecule has 0 aliphatic carbocycles. The number of ether oxygens (including phenoxy) is 1. The fourth-order valence-electron chi connectivity index (χ4n) is 1.78. The van der Waals surface area contributed by atoms with Gasteiger partial charge in [0, 0.05) is 6.54 Å². The van der Waals surface area contributed by atoms with Crippen molar-refractivity contribution in [1.29, 1.82) is 5.26 Å². The van der Waals surface area contributed by atoms with E-state index in [1.165, 1.54) is 0 Å². The number of nitrogens with one attached hydrogen (secondary N) is 1. The molecule has 102 valence electrons. The Hall–Kier alpha value is -1.70. The van der Waals surface area contributed by atoms with E-state index in [2.05, 4.69) is 27.3 Å². The normalized spacial score (nSPS) is 9.90. The van der Waals surface area contributed by atoms with Crippen LogP contribution in [0, 0.1) is 11.3 Å². The van der Waals surface area contributed by atoms with Crippen LogP contribution in [0.3, 0.4) is 0 Å². The summed E-state index contributed by atoms with van der Waals surface area (Å²) in [6.07, 6.45) is 0. The highest BCUT2D eigenvalue weighted by Crippen LogP contribution is 2.30. The Morgan fingerprint density at radius 2 is 2.15 bits per heavy atom. The average molecular weight is 352 g/mol. The number of halogens is 2. The van der Waals surface area contributed by atoms with Crippen LogP contribution in [0.4, 0.5) is 5.69 Å². The van der Waals surface area contributed by atoms with Gasteiger partial charge in [0.2, 0.25) is 0 Å². The van der Waals surface area contributed by atoms with Crippen molar-refractivity contribution in [2.75, 3.05) is 12.4 Å². The second-order valence-corrected chi connectivity index (χ2v) is 5.30. The van der Waals surface area contributed by atoms with Crippen molar-refractivity contribution in [3.05, 3.63) is 57.0 Å². The Balaban J connectivity index is 2.15. The van der Waals surface area contributed by atoms with Gasteiger partial charge in [-0.15, -0.1) is 0 Å². The molecule has 2 rings (SSSR count). The van der Waals surface area contributed by atoms with Gasteiger partial charge in [-0.05, 0) is 45.8 Å². The molecule has 0 unspecified atom stereocenters. The Kier molecular flexibility index (Phi) is 4.89. The summed E-state index contributed by atoms with van der Waals surface area (Å²) in [6.45, 7) is 0.612. The van der Waals surface area contributed by atoms with Gasteiger partial charge in [0.05, 0.1) is 27.9 Å². The van der Waals surface area contributed by atoms with Crippen LogP contribution in [0.25, 0.3) is 0 Å². The Labute approximate surface area is 131 Å². The van der Waals surface area contributed by atoms with E-state index in [1.807, 2.05) is 30.3 Å². The number of rotatable bonds is 4. The molecule has 3 nitrogen and oxygen atoms in total. The van der Waals surface area contributed by atoms with Crippen molar-refractivity contribution in [3.8, 4) is 11.8 Å². The molecule has 0 saturated heterocycles. The number of anilines is 1. The molecule has 0 fully saturated rings. The molecule has 0 saturated carbocycles. The number of hydrogen-bond donors (Lipinski definition) is 1. The summed E-state index contributed by atoms with van der Waals surface area (Å²) in [7, 11) is 1.56. The van der Waals surface area contributed by atoms with E-state index in [4.69, 9.17) is 21.6 Å². The van der Waals surface area contributed by atoms with E-state index >= 15 is 0 Å². The minimum absolute atomic E-state index is 0.528. The van der Waals surface area contributed by atoms with E-state index in [9.17, 15) is 0 Å². The van der Waals surface area contributed by atoms with E-state index in [-0.39, 0.29) is 0 Å². The maximum atomic E-state index is 8.95. The van der Waals surface area contributed by atoms with E-state index in [0.29, 0.717) is 22.9 Å². The first-order valence-electron chi connectivity index (χ1n) is 5.90. The van der Waals surface area contributed by atoms with Gasteiger partial charge in [0.1, 0.15) is 11.8 Å². The number of methoxy groups -OCH3 is 1. The predicted molar refractivity (Wildman–Crippen MR) is 84.2 cm³/mol. The lowest BCUT2D eigenvalue weighted by Gasteiger charge is -2.11. The molecule has 0 spiro atoms. The standard InChI is InChI=1S/C15H12BrClN2O/c1-20-14-7-10(5-6-11(14)8-18)9-19-13-4-2-3-12(17)15(13)16/h2-7,19H,9H2,1H3. The van der Waals surface area contributed by atoms with Crippen LogP contribution in [0.2, 0.25) is 5.02 Å². The molecule has 0 aromatic heterocycles. The highest BCUT2D eigenvalue weighted by Gasteiger charge is 2.06. The summed E-state index contributed by atoms with van der Waals surface area (Å²) in [6, 6.07) is 13.2. The summed E-state index contributed by atoms with van der Waals surface area (Å²) >= 11 is 9.48. The van der Waals surface area contributed by atoms with Crippen LogP contribution in [0.1, 0.15) is 11.1 Å². The smallest absolute Gasteiger partial charge is 0.136 e. The number of nitriles is 1. The van der Waals surface area contributed by atoms with Gasteiger partial charge in [0.25, 0.3) is 0 Å². The second-order valence-electron chi connectivity index (χ2n) is 4.10. The summed E-state index contributed by atoms with van der Waals surface area (Å²) in [4.78, 5) is 0.